The highest BCUT2D eigenvalue weighted by atomic mass is 127. The second-order valence-electron chi connectivity index (χ2n) is 10.1. The predicted molar refractivity (Wildman–Crippen MR) is 150 cm³/mol. The molecular weight excluding hydrogens is 700 g/mol. The number of aliphatic hydroxyl groups is 1. The van der Waals surface area contributed by atoms with E-state index in [4.69, 9.17) is 0 Å². The monoisotopic (exact) mass is 722 g/mol. The number of carbonyl (C=O) groups is 2. The van der Waals surface area contributed by atoms with Crippen molar-refractivity contribution in [1.29, 1.82) is 0 Å². The summed E-state index contributed by atoms with van der Waals surface area (Å²) >= 11 is 0.835. The highest BCUT2D eigenvalue weighted by molar-refractivity contribution is 14.1. The lowest BCUT2D eigenvalue weighted by Crippen LogP contribution is -2.60. The van der Waals surface area contributed by atoms with Crippen LogP contribution in [-0.4, -0.2) is 44.5 Å². The number of pyridine rings is 1. The second-order valence-corrected chi connectivity index (χ2v) is 11.4. The Kier molecular flexibility index (Phi) is 8.54. The van der Waals surface area contributed by atoms with E-state index in [0.717, 1.165) is 58.1 Å². The van der Waals surface area contributed by atoms with Crippen LogP contribution in [0.4, 0.5) is 36.4 Å². The molecule has 3 aromatic rings. The fourth-order valence-corrected chi connectivity index (χ4v) is 4.67. The van der Waals surface area contributed by atoms with E-state index in [1.54, 1.807) is 0 Å². The van der Waals surface area contributed by atoms with E-state index >= 15 is 0 Å². The van der Waals surface area contributed by atoms with Gasteiger partial charge in [0, 0.05) is 70.0 Å². The Hall–Kier alpha value is -3.73. The lowest BCUT2D eigenvalue weighted by atomic mass is 9.93. The molecular formula is C28H22F7IN4O3. The molecule has 0 saturated heterocycles. The SMILES string of the molecule is CN1N(Cc2cccc(F)c2F)C(=O)C(C(=O)Nc2ccc(C(F)(F)I)cc2-c2cncc(C(F)(F)F)c2)=C(O)C1(C)C. The minimum Gasteiger partial charge on any atom is -0.509 e. The van der Waals surface area contributed by atoms with Crippen molar-refractivity contribution in [2.24, 2.45) is 0 Å². The first kappa shape index (κ1) is 32.2. The van der Waals surface area contributed by atoms with E-state index in [-0.39, 0.29) is 22.4 Å². The Labute approximate surface area is 254 Å². The molecule has 0 spiro atoms. The van der Waals surface area contributed by atoms with Crippen molar-refractivity contribution in [3.8, 4) is 11.1 Å². The van der Waals surface area contributed by atoms with Gasteiger partial charge < -0.3 is 10.4 Å². The number of hydrogen-bond donors (Lipinski definition) is 2. The molecule has 2 amide bonds. The number of aliphatic hydroxyl groups excluding tert-OH is 1. The Bertz CT molecular complexity index is 1640. The summed E-state index contributed by atoms with van der Waals surface area (Å²) in [5.74, 6) is -5.44. The maximum atomic E-state index is 14.4. The summed E-state index contributed by atoms with van der Waals surface area (Å²) in [7, 11) is 1.38. The third-order valence-corrected chi connectivity index (χ3v) is 7.61. The average Bonchev–Trinajstić information content (AvgIpc) is 2.92. The first-order chi connectivity index (χ1) is 19.8. The summed E-state index contributed by atoms with van der Waals surface area (Å²) in [6, 6.07) is 6.80. The molecule has 2 heterocycles. The van der Waals surface area contributed by atoms with Gasteiger partial charge in [-0.1, -0.05) is 18.2 Å². The van der Waals surface area contributed by atoms with Crippen molar-refractivity contribution >= 4 is 40.1 Å². The minimum absolute atomic E-state index is 0.230. The fraction of sp³-hybridized carbons (Fsp3) is 0.250. The van der Waals surface area contributed by atoms with Crippen LogP contribution in [0.15, 0.2) is 66.2 Å². The van der Waals surface area contributed by atoms with Crippen molar-refractivity contribution in [2.75, 3.05) is 12.4 Å². The van der Waals surface area contributed by atoms with Crippen LogP contribution in [0.5, 0.6) is 0 Å². The van der Waals surface area contributed by atoms with Crippen LogP contribution in [0, 0.1) is 11.6 Å². The smallest absolute Gasteiger partial charge is 0.417 e. The van der Waals surface area contributed by atoms with Crippen LogP contribution in [0.2, 0.25) is 0 Å². The Balaban J connectivity index is 1.78. The van der Waals surface area contributed by atoms with Crippen molar-refractivity contribution in [2.45, 2.75) is 36.0 Å². The maximum absolute atomic E-state index is 14.4. The number of amides is 2. The van der Waals surface area contributed by atoms with E-state index < -0.39 is 68.1 Å². The minimum atomic E-state index is -4.81. The molecule has 2 aromatic carbocycles. The number of anilines is 1. The molecule has 2 N–H and O–H groups in total. The molecule has 15 heteroatoms. The summed E-state index contributed by atoms with van der Waals surface area (Å²) < 4.78 is 93.3. The summed E-state index contributed by atoms with van der Waals surface area (Å²) in [4.78, 5) is 30.6. The van der Waals surface area contributed by atoms with E-state index in [1.807, 2.05) is 0 Å². The van der Waals surface area contributed by atoms with Crippen molar-refractivity contribution < 1.29 is 45.4 Å². The highest BCUT2D eigenvalue weighted by Crippen LogP contribution is 2.41. The third kappa shape index (κ3) is 6.32. The number of hydrazine groups is 1. The number of halogens is 8. The van der Waals surface area contributed by atoms with Gasteiger partial charge in [-0.3, -0.25) is 19.6 Å². The van der Waals surface area contributed by atoms with Crippen molar-refractivity contribution in [1.82, 2.24) is 15.0 Å². The molecule has 1 aliphatic heterocycles. The van der Waals surface area contributed by atoms with Crippen LogP contribution in [0.1, 0.15) is 30.5 Å². The molecule has 0 unspecified atom stereocenters. The molecule has 0 aliphatic carbocycles. The van der Waals surface area contributed by atoms with Gasteiger partial charge in [0.25, 0.3) is 11.8 Å². The number of benzene rings is 2. The first-order valence-corrected chi connectivity index (χ1v) is 13.4. The molecule has 1 aliphatic rings. The number of rotatable bonds is 6. The molecule has 0 atom stereocenters. The lowest BCUT2D eigenvalue weighted by Gasteiger charge is -2.46. The van der Waals surface area contributed by atoms with E-state index in [1.165, 1.54) is 38.0 Å². The number of nitrogens with zero attached hydrogens (tertiary/aromatic N) is 3. The molecule has 7 nitrogen and oxygen atoms in total. The Morgan fingerprint density at radius 3 is 2.35 bits per heavy atom. The van der Waals surface area contributed by atoms with Gasteiger partial charge in [0.15, 0.2) is 11.6 Å². The molecule has 0 bridgehead atoms. The zero-order chi connectivity index (χ0) is 32.1. The lowest BCUT2D eigenvalue weighted by molar-refractivity contribution is -0.160. The van der Waals surface area contributed by atoms with Gasteiger partial charge in [-0.15, -0.1) is 0 Å². The van der Waals surface area contributed by atoms with Crippen LogP contribution >= 0.6 is 22.6 Å². The number of carbonyl (C=O) groups excluding carboxylic acids is 2. The third-order valence-electron chi connectivity index (χ3n) is 6.99. The molecule has 0 saturated carbocycles. The van der Waals surface area contributed by atoms with Gasteiger partial charge >= 0.3 is 10.1 Å². The number of aromatic nitrogens is 1. The highest BCUT2D eigenvalue weighted by Gasteiger charge is 2.46. The van der Waals surface area contributed by atoms with E-state index in [2.05, 4.69) is 10.3 Å². The van der Waals surface area contributed by atoms with Crippen LogP contribution in [0.3, 0.4) is 0 Å². The van der Waals surface area contributed by atoms with Crippen molar-refractivity contribution in [3.05, 3.63) is 94.5 Å². The second kappa shape index (κ2) is 11.4. The zero-order valence-electron chi connectivity index (χ0n) is 22.5. The normalized spacial score (nSPS) is 16.1. The van der Waals surface area contributed by atoms with Crippen molar-refractivity contribution in [3.63, 3.8) is 0 Å². The first-order valence-electron chi connectivity index (χ1n) is 12.3. The molecule has 0 radical (unpaired) electrons. The van der Waals surface area contributed by atoms with Gasteiger partial charge in [-0.2, -0.15) is 22.0 Å². The van der Waals surface area contributed by atoms with Crippen LogP contribution in [0.25, 0.3) is 11.1 Å². The summed E-state index contributed by atoms with van der Waals surface area (Å²) in [5, 5.41) is 15.4. The van der Waals surface area contributed by atoms with Gasteiger partial charge in [0.05, 0.1) is 17.6 Å². The number of alkyl halides is 6. The van der Waals surface area contributed by atoms with Crippen LogP contribution in [-0.2, 0) is 26.2 Å². The molecule has 228 valence electrons. The maximum Gasteiger partial charge on any atom is 0.417 e. The molecule has 1 aromatic heterocycles. The topological polar surface area (TPSA) is 85.8 Å². The molecule has 43 heavy (non-hydrogen) atoms. The van der Waals surface area contributed by atoms with Gasteiger partial charge in [0.2, 0.25) is 0 Å². The van der Waals surface area contributed by atoms with Crippen LogP contribution < -0.4 is 5.32 Å². The standard InChI is InChI=1S/C28H22F7IN4O3/c1-26(2)23(41)21(25(43)40(39(26)3)13-14-5-4-6-19(29)22(14)30)24(42)38-20-8-7-16(28(34,35)36)10-18(20)15-9-17(12-37-11-15)27(31,32)33/h4-12,41H,13H2,1-3H3,(H,38,42). The largest absolute Gasteiger partial charge is 0.509 e. The van der Waals surface area contributed by atoms with Gasteiger partial charge in [-0.25, -0.2) is 13.8 Å². The Morgan fingerprint density at radius 1 is 1.05 bits per heavy atom. The summed E-state index contributed by atoms with van der Waals surface area (Å²) in [6.45, 7) is 2.34. The molecule has 0 fully saturated rings. The van der Waals surface area contributed by atoms with Gasteiger partial charge in [-0.05, 0) is 38.1 Å². The quantitative estimate of drug-likeness (QED) is 0.125. The van der Waals surface area contributed by atoms with E-state index in [9.17, 15) is 45.4 Å². The summed E-state index contributed by atoms with van der Waals surface area (Å²) in [6.07, 6.45) is -3.30. The predicted octanol–water partition coefficient (Wildman–Crippen LogP) is 6.95. The Morgan fingerprint density at radius 2 is 1.72 bits per heavy atom. The molecule has 4 rings (SSSR count). The number of hydrogen-bond acceptors (Lipinski definition) is 5. The summed E-state index contributed by atoms with van der Waals surface area (Å²) in [5.41, 5.74) is -5.08. The zero-order valence-corrected chi connectivity index (χ0v) is 24.7. The number of nitrogens with one attached hydrogen (secondary N) is 1. The fourth-order valence-electron chi connectivity index (χ4n) is 4.34. The number of likely N-dealkylation sites (N-methyl/N-ethyl adjacent to an activating group) is 1. The van der Waals surface area contributed by atoms with E-state index in [0.29, 0.717) is 12.3 Å². The van der Waals surface area contributed by atoms with Gasteiger partial charge in [0.1, 0.15) is 11.3 Å². The average molecular weight is 722 g/mol.